The van der Waals surface area contributed by atoms with Crippen molar-refractivity contribution >= 4 is 21.7 Å². The fraction of sp³-hybridized carbons (Fsp3) is 0.0909. The van der Waals surface area contributed by atoms with E-state index in [-0.39, 0.29) is 16.1 Å². The van der Waals surface area contributed by atoms with Gasteiger partial charge in [0.25, 0.3) is 10.0 Å². The van der Waals surface area contributed by atoms with E-state index >= 15 is 0 Å². The number of rotatable bonds is 4. The Morgan fingerprint density at radius 1 is 1.42 bits per heavy atom. The topological polar surface area (TPSA) is 112 Å². The summed E-state index contributed by atoms with van der Waals surface area (Å²) in [4.78, 5) is 10.8. The summed E-state index contributed by atoms with van der Waals surface area (Å²) in [6.07, 6.45) is 2.70. The molecule has 0 bridgehead atoms. The van der Waals surface area contributed by atoms with Crippen LogP contribution in [0.5, 0.6) is 0 Å². The van der Waals surface area contributed by atoms with Crippen LogP contribution < -0.4 is 4.72 Å². The van der Waals surface area contributed by atoms with E-state index in [1.807, 2.05) is 0 Å². The van der Waals surface area contributed by atoms with E-state index < -0.39 is 16.0 Å². The number of hydrogen-bond donors (Lipinski definition) is 3. The maximum Gasteiger partial charge on any atom is 0.335 e. The molecular formula is C11H11N3O4S. The van der Waals surface area contributed by atoms with Crippen molar-refractivity contribution in [2.75, 3.05) is 4.72 Å². The molecule has 0 saturated heterocycles. The highest BCUT2D eigenvalue weighted by Crippen LogP contribution is 2.20. The van der Waals surface area contributed by atoms with Crippen LogP contribution in [0.25, 0.3) is 0 Å². The third-order valence-electron chi connectivity index (χ3n) is 2.48. The second-order valence-corrected chi connectivity index (χ2v) is 5.53. The Labute approximate surface area is 109 Å². The summed E-state index contributed by atoms with van der Waals surface area (Å²) in [5.74, 6) is -1.18. The average Bonchev–Trinajstić information content (AvgIpc) is 2.81. The molecule has 0 atom stereocenters. The van der Waals surface area contributed by atoms with Gasteiger partial charge in [0.1, 0.15) is 0 Å². The number of hydrogen-bond acceptors (Lipinski definition) is 4. The molecule has 1 aromatic heterocycles. The van der Waals surface area contributed by atoms with Crippen LogP contribution >= 0.6 is 0 Å². The fourth-order valence-electron chi connectivity index (χ4n) is 1.54. The van der Waals surface area contributed by atoms with Gasteiger partial charge in [-0.15, -0.1) is 0 Å². The number of anilines is 1. The first-order valence-corrected chi connectivity index (χ1v) is 6.74. The van der Waals surface area contributed by atoms with Crippen molar-refractivity contribution in [2.45, 2.75) is 11.8 Å². The molecule has 2 aromatic rings. The molecule has 1 aromatic carbocycles. The van der Waals surface area contributed by atoms with Gasteiger partial charge < -0.3 is 5.11 Å². The van der Waals surface area contributed by atoms with Gasteiger partial charge in [0.2, 0.25) is 0 Å². The van der Waals surface area contributed by atoms with E-state index in [0.717, 1.165) is 6.07 Å². The molecule has 0 fully saturated rings. The van der Waals surface area contributed by atoms with Crippen LogP contribution in [0, 0.1) is 6.92 Å². The van der Waals surface area contributed by atoms with Crippen molar-refractivity contribution in [3.8, 4) is 0 Å². The zero-order valence-electron chi connectivity index (χ0n) is 9.91. The molecular weight excluding hydrogens is 270 g/mol. The highest BCUT2D eigenvalue weighted by Gasteiger charge is 2.19. The number of aromatic amines is 1. The number of nitrogens with one attached hydrogen (secondary N) is 2. The van der Waals surface area contributed by atoms with Crippen LogP contribution in [-0.2, 0) is 10.0 Å². The van der Waals surface area contributed by atoms with Crippen molar-refractivity contribution in [1.29, 1.82) is 0 Å². The lowest BCUT2D eigenvalue weighted by atomic mass is 10.1. The standard InChI is InChI=1S/C11H11N3O4S/c1-7-2-3-8(11(15)16)4-10(7)19(17,18)14-9-5-12-13-6-9/h2-6,14H,1H3,(H,12,13)(H,15,16). The predicted octanol–water partition coefficient (Wildman–Crippen LogP) is 1.22. The average molecular weight is 281 g/mol. The molecule has 0 radical (unpaired) electrons. The molecule has 0 aliphatic rings. The van der Waals surface area contributed by atoms with Gasteiger partial charge >= 0.3 is 5.97 Å². The SMILES string of the molecule is Cc1ccc(C(=O)O)cc1S(=O)(=O)Nc1cn[nH]c1. The zero-order chi connectivity index (χ0) is 14.0. The molecule has 100 valence electrons. The van der Waals surface area contributed by atoms with Crippen molar-refractivity contribution in [1.82, 2.24) is 10.2 Å². The molecule has 0 aliphatic carbocycles. The molecule has 7 nitrogen and oxygen atoms in total. The number of aromatic carboxylic acids is 1. The Bertz CT molecular complexity index is 708. The Hall–Kier alpha value is -2.35. The van der Waals surface area contributed by atoms with Crippen LogP contribution in [0.1, 0.15) is 15.9 Å². The van der Waals surface area contributed by atoms with Crippen molar-refractivity contribution in [3.63, 3.8) is 0 Å². The minimum atomic E-state index is -3.84. The number of carboxylic acid groups (broad SMARTS) is 1. The largest absolute Gasteiger partial charge is 0.478 e. The van der Waals surface area contributed by atoms with Crippen molar-refractivity contribution < 1.29 is 18.3 Å². The lowest BCUT2D eigenvalue weighted by Crippen LogP contribution is -2.14. The number of aromatic nitrogens is 2. The van der Waals surface area contributed by atoms with Crippen LogP contribution in [0.2, 0.25) is 0 Å². The lowest BCUT2D eigenvalue weighted by Gasteiger charge is -2.09. The molecule has 2 rings (SSSR count). The van der Waals surface area contributed by atoms with E-state index in [1.165, 1.54) is 24.5 Å². The number of aryl methyl sites for hydroxylation is 1. The Morgan fingerprint density at radius 3 is 2.74 bits per heavy atom. The first kappa shape index (κ1) is 13.1. The number of nitrogens with zero attached hydrogens (tertiary/aromatic N) is 1. The second kappa shape index (κ2) is 4.73. The Morgan fingerprint density at radius 2 is 2.16 bits per heavy atom. The van der Waals surface area contributed by atoms with Crippen LogP contribution in [0.3, 0.4) is 0 Å². The summed E-state index contributed by atoms with van der Waals surface area (Å²) in [6, 6.07) is 3.93. The molecule has 0 amide bonds. The molecule has 1 heterocycles. The van der Waals surface area contributed by atoms with E-state index in [2.05, 4.69) is 14.9 Å². The van der Waals surface area contributed by atoms with Gasteiger partial charge in [-0.2, -0.15) is 5.10 Å². The van der Waals surface area contributed by atoms with E-state index in [9.17, 15) is 13.2 Å². The maximum absolute atomic E-state index is 12.1. The monoisotopic (exact) mass is 281 g/mol. The van der Waals surface area contributed by atoms with Gasteiger partial charge in [-0.1, -0.05) is 6.07 Å². The van der Waals surface area contributed by atoms with Gasteiger partial charge in [-0.05, 0) is 24.6 Å². The van der Waals surface area contributed by atoms with Crippen LogP contribution in [0.15, 0.2) is 35.5 Å². The minimum Gasteiger partial charge on any atom is -0.478 e. The minimum absolute atomic E-state index is 0.0754. The molecule has 0 unspecified atom stereocenters. The first-order valence-electron chi connectivity index (χ1n) is 5.26. The molecule has 3 N–H and O–H groups in total. The summed E-state index contributed by atoms with van der Waals surface area (Å²) in [5, 5.41) is 15.0. The highest BCUT2D eigenvalue weighted by molar-refractivity contribution is 7.92. The quantitative estimate of drug-likeness (QED) is 0.780. The summed E-state index contributed by atoms with van der Waals surface area (Å²) in [6.45, 7) is 1.59. The van der Waals surface area contributed by atoms with Crippen LogP contribution in [0.4, 0.5) is 5.69 Å². The lowest BCUT2D eigenvalue weighted by molar-refractivity contribution is 0.0696. The molecule has 8 heteroatoms. The fourth-order valence-corrected chi connectivity index (χ4v) is 2.85. The van der Waals surface area contributed by atoms with Crippen molar-refractivity contribution in [3.05, 3.63) is 41.7 Å². The molecule has 19 heavy (non-hydrogen) atoms. The van der Waals surface area contributed by atoms with Crippen LogP contribution in [-0.4, -0.2) is 29.7 Å². The van der Waals surface area contributed by atoms with Gasteiger partial charge in [-0.3, -0.25) is 9.82 Å². The second-order valence-electron chi connectivity index (χ2n) is 3.88. The van der Waals surface area contributed by atoms with E-state index in [4.69, 9.17) is 5.11 Å². The van der Waals surface area contributed by atoms with Gasteiger partial charge in [-0.25, -0.2) is 13.2 Å². The summed E-state index contributed by atoms with van der Waals surface area (Å²) in [7, 11) is -3.84. The summed E-state index contributed by atoms with van der Waals surface area (Å²) < 4.78 is 26.6. The third-order valence-corrected chi connectivity index (χ3v) is 4.00. The van der Waals surface area contributed by atoms with Crippen molar-refractivity contribution in [2.24, 2.45) is 0 Å². The van der Waals surface area contributed by atoms with Gasteiger partial charge in [0, 0.05) is 6.20 Å². The number of benzene rings is 1. The van der Waals surface area contributed by atoms with E-state index in [0.29, 0.717) is 5.56 Å². The Balaban J connectivity index is 2.45. The number of carboxylic acids is 1. The molecule has 0 saturated carbocycles. The van der Waals surface area contributed by atoms with Gasteiger partial charge in [0.15, 0.2) is 0 Å². The number of H-pyrrole nitrogens is 1. The number of sulfonamides is 1. The molecule has 0 spiro atoms. The van der Waals surface area contributed by atoms with Gasteiger partial charge in [0.05, 0.1) is 22.3 Å². The number of carbonyl (C=O) groups is 1. The maximum atomic E-state index is 12.1. The summed E-state index contributed by atoms with van der Waals surface area (Å²) in [5.41, 5.74) is 0.652. The predicted molar refractivity (Wildman–Crippen MR) is 67.5 cm³/mol. The summed E-state index contributed by atoms with van der Waals surface area (Å²) >= 11 is 0. The first-order chi connectivity index (χ1) is 8.90. The Kier molecular flexibility index (Phi) is 3.26. The third kappa shape index (κ3) is 2.74. The molecule has 0 aliphatic heterocycles. The zero-order valence-corrected chi connectivity index (χ0v) is 10.7. The normalized spacial score (nSPS) is 11.2. The smallest absolute Gasteiger partial charge is 0.335 e. The highest BCUT2D eigenvalue weighted by atomic mass is 32.2. The van der Waals surface area contributed by atoms with E-state index in [1.54, 1.807) is 6.92 Å².